The highest BCUT2D eigenvalue weighted by atomic mass is 32.1. The molecule has 1 aliphatic heterocycles. The van der Waals surface area contributed by atoms with Gasteiger partial charge < -0.3 is 9.64 Å². The molecule has 0 unspecified atom stereocenters. The van der Waals surface area contributed by atoms with E-state index < -0.39 is 0 Å². The van der Waals surface area contributed by atoms with E-state index in [2.05, 4.69) is 0 Å². The zero-order valence-electron chi connectivity index (χ0n) is 14.9. The van der Waals surface area contributed by atoms with Gasteiger partial charge in [0.05, 0.1) is 22.4 Å². The summed E-state index contributed by atoms with van der Waals surface area (Å²) in [4.78, 5) is 40.0. The number of Topliss-reactive ketones (excluding diaryl/α,β-unsaturated/α-hetero) is 2. The summed E-state index contributed by atoms with van der Waals surface area (Å²) >= 11 is 1.21. The van der Waals surface area contributed by atoms with E-state index in [1.807, 2.05) is 12.1 Å². The van der Waals surface area contributed by atoms with Crippen LogP contribution in [-0.2, 0) is 0 Å². The molecule has 1 saturated heterocycles. The molecule has 1 aromatic heterocycles. The lowest BCUT2D eigenvalue weighted by Gasteiger charge is -2.32. The van der Waals surface area contributed by atoms with Crippen LogP contribution < -0.4 is 4.74 Å². The van der Waals surface area contributed by atoms with E-state index in [9.17, 15) is 14.4 Å². The predicted octanol–water partition coefficient (Wildman–Crippen LogP) is 3.69. The normalized spacial score (nSPS) is 17.0. The van der Waals surface area contributed by atoms with Gasteiger partial charge in [-0.25, -0.2) is 0 Å². The zero-order valence-corrected chi connectivity index (χ0v) is 15.7. The molecular formula is C20H21NO4S. The van der Waals surface area contributed by atoms with E-state index in [4.69, 9.17) is 4.74 Å². The van der Waals surface area contributed by atoms with Crippen LogP contribution in [0.3, 0.4) is 0 Å². The number of ether oxygens (including phenoxy) is 1. The van der Waals surface area contributed by atoms with E-state index in [1.54, 1.807) is 36.3 Å². The maximum Gasteiger partial charge on any atom is 0.263 e. The van der Waals surface area contributed by atoms with Crippen LogP contribution in [0.2, 0.25) is 0 Å². The Kier molecular flexibility index (Phi) is 5.52. The number of carbonyl (C=O) groups excluding carboxylic acids is 3. The third kappa shape index (κ3) is 3.70. The molecule has 1 atom stereocenters. The molecule has 0 spiro atoms. The van der Waals surface area contributed by atoms with Crippen LogP contribution >= 0.6 is 11.3 Å². The van der Waals surface area contributed by atoms with E-state index >= 15 is 0 Å². The van der Waals surface area contributed by atoms with Gasteiger partial charge in [-0.05, 0) is 44.0 Å². The highest BCUT2D eigenvalue weighted by Gasteiger charge is 2.31. The lowest BCUT2D eigenvalue weighted by Crippen LogP contribution is -2.42. The zero-order chi connectivity index (χ0) is 18.7. The predicted molar refractivity (Wildman–Crippen MR) is 100 cm³/mol. The molecule has 6 heteroatoms. The van der Waals surface area contributed by atoms with Crippen molar-refractivity contribution >= 4 is 28.8 Å². The molecule has 0 bridgehead atoms. The smallest absolute Gasteiger partial charge is 0.263 e. The van der Waals surface area contributed by atoms with Crippen molar-refractivity contribution in [1.82, 2.24) is 4.90 Å². The highest BCUT2D eigenvalue weighted by molar-refractivity contribution is 7.15. The summed E-state index contributed by atoms with van der Waals surface area (Å²) in [6.45, 7) is 2.51. The minimum Gasteiger partial charge on any atom is -0.496 e. The van der Waals surface area contributed by atoms with Gasteiger partial charge in [-0.1, -0.05) is 12.1 Å². The van der Waals surface area contributed by atoms with Crippen LogP contribution in [0, 0.1) is 5.92 Å². The van der Waals surface area contributed by atoms with Crippen LogP contribution in [0.5, 0.6) is 5.75 Å². The molecular weight excluding hydrogens is 350 g/mol. The summed E-state index contributed by atoms with van der Waals surface area (Å²) in [6, 6.07) is 10.6. The molecule has 26 heavy (non-hydrogen) atoms. The van der Waals surface area contributed by atoms with Crippen LogP contribution in [-0.4, -0.2) is 42.6 Å². The Balaban J connectivity index is 1.75. The van der Waals surface area contributed by atoms with E-state index in [-0.39, 0.29) is 23.4 Å². The summed E-state index contributed by atoms with van der Waals surface area (Å²) in [6.07, 6.45) is 1.53. The third-order valence-electron chi connectivity index (χ3n) is 4.62. The minimum absolute atomic E-state index is 0.00977. The Labute approximate surface area is 156 Å². The molecule has 2 heterocycles. The van der Waals surface area contributed by atoms with Crippen molar-refractivity contribution in [3.63, 3.8) is 0 Å². The number of methoxy groups -OCH3 is 1. The number of thiophene rings is 1. The van der Waals surface area contributed by atoms with Gasteiger partial charge in [-0.2, -0.15) is 0 Å². The van der Waals surface area contributed by atoms with E-state index in [0.717, 1.165) is 12.8 Å². The van der Waals surface area contributed by atoms with Crippen molar-refractivity contribution in [2.45, 2.75) is 19.8 Å². The van der Waals surface area contributed by atoms with Gasteiger partial charge in [0, 0.05) is 19.0 Å². The average Bonchev–Trinajstić information content (AvgIpc) is 3.17. The summed E-state index contributed by atoms with van der Waals surface area (Å²) in [7, 11) is 1.55. The van der Waals surface area contributed by atoms with Crippen molar-refractivity contribution in [2.75, 3.05) is 20.2 Å². The Hall–Kier alpha value is -2.47. The number of para-hydroxylation sites is 1. The van der Waals surface area contributed by atoms with Crippen molar-refractivity contribution in [2.24, 2.45) is 5.92 Å². The Morgan fingerprint density at radius 2 is 1.85 bits per heavy atom. The minimum atomic E-state index is -0.240. The standard InChI is InChI=1S/C20H21NO4S/c1-13(22)17-9-10-18(26-17)20(24)21-11-5-6-14(12-21)19(23)15-7-3-4-8-16(15)25-2/h3-4,7-10,14H,5-6,11-12H2,1-2H3/t14-/m1/s1. The molecule has 0 saturated carbocycles. The molecule has 5 nitrogen and oxygen atoms in total. The van der Waals surface area contributed by atoms with E-state index in [0.29, 0.717) is 34.2 Å². The molecule has 3 rings (SSSR count). The lowest BCUT2D eigenvalue weighted by atomic mass is 9.89. The number of likely N-dealkylation sites (tertiary alicyclic amines) is 1. The van der Waals surface area contributed by atoms with Crippen molar-refractivity contribution < 1.29 is 19.1 Å². The van der Waals surface area contributed by atoms with Gasteiger partial charge in [0.15, 0.2) is 11.6 Å². The fourth-order valence-corrected chi connectivity index (χ4v) is 4.11. The van der Waals surface area contributed by atoms with Crippen LogP contribution in [0.25, 0.3) is 0 Å². The number of nitrogens with zero attached hydrogens (tertiary/aromatic N) is 1. The number of rotatable bonds is 5. The fourth-order valence-electron chi connectivity index (χ4n) is 3.24. The molecule has 1 aliphatic rings. The Morgan fingerprint density at radius 1 is 1.12 bits per heavy atom. The van der Waals surface area contributed by atoms with Gasteiger partial charge >= 0.3 is 0 Å². The molecule has 0 radical (unpaired) electrons. The second kappa shape index (κ2) is 7.83. The van der Waals surface area contributed by atoms with E-state index in [1.165, 1.54) is 18.3 Å². The first-order chi connectivity index (χ1) is 12.5. The molecule has 2 aromatic rings. The third-order valence-corrected chi connectivity index (χ3v) is 5.79. The summed E-state index contributed by atoms with van der Waals surface area (Å²) < 4.78 is 5.29. The number of amides is 1. The first-order valence-electron chi connectivity index (χ1n) is 8.58. The van der Waals surface area contributed by atoms with Crippen molar-refractivity contribution in [3.05, 3.63) is 51.7 Å². The second-order valence-electron chi connectivity index (χ2n) is 6.37. The highest BCUT2D eigenvalue weighted by Crippen LogP contribution is 2.28. The Morgan fingerprint density at radius 3 is 2.54 bits per heavy atom. The number of benzene rings is 1. The fraction of sp³-hybridized carbons (Fsp3) is 0.350. The van der Waals surface area contributed by atoms with Gasteiger partial charge in [-0.3, -0.25) is 14.4 Å². The largest absolute Gasteiger partial charge is 0.496 e. The maximum absolute atomic E-state index is 12.9. The van der Waals surface area contributed by atoms with Crippen LogP contribution in [0.15, 0.2) is 36.4 Å². The molecule has 1 aromatic carbocycles. The topological polar surface area (TPSA) is 63.7 Å². The van der Waals surface area contributed by atoms with Gasteiger partial charge in [0.25, 0.3) is 5.91 Å². The maximum atomic E-state index is 12.9. The molecule has 136 valence electrons. The lowest BCUT2D eigenvalue weighted by molar-refractivity contribution is 0.0640. The van der Waals surface area contributed by atoms with Crippen LogP contribution in [0.4, 0.5) is 0 Å². The molecule has 1 fully saturated rings. The van der Waals surface area contributed by atoms with Crippen molar-refractivity contribution in [3.8, 4) is 5.75 Å². The second-order valence-corrected chi connectivity index (χ2v) is 7.46. The average molecular weight is 371 g/mol. The summed E-state index contributed by atoms with van der Waals surface area (Å²) in [5.74, 6) is 0.175. The van der Waals surface area contributed by atoms with Crippen LogP contribution in [0.1, 0.15) is 49.5 Å². The summed E-state index contributed by atoms with van der Waals surface area (Å²) in [5.41, 5.74) is 0.560. The van der Waals surface area contributed by atoms with Crippen molar-refractivity contribution in [1.29, 1.82) is 0 Å². The molecule has 0 N–H and O–H groups in total. The number of hydrogen-bond donors (Lipinski definition) is 0. The number of hydrogen-bond acceptors (Lipinski definition) is 5. The monoisotopic (exact) mass is 371 g/mol. The SMILES string of the molecule is COc1ccccc1C(=O)[C@@H]1CCCN(C(=O)c2ccc(C(C)=O)s2)C1. The molecule has 0 aliphatic carbocycles. The number of piperidine rings is 1. The first-order valence-corrected chi connectivity index (χ1v) is 9.40. The van der Waals surface area contributed by atoms with Gasteiger partial charge in [-0.15, -0.1) is 11.3 Å². The number of ketones is 2. The van der Waals surface area contributed by atoms with Gasteiger partial charge in [0.2, 0.25) is 0 Å². The number of carbonyl (C=O) groups is 3. The van der Waals surface area contributed by atoms with Gasteiger partial charge in [0.1, 0.15) is 5.75 Å². The first kappa shape index (κ1) is 18.3. The molecule has 1 amide bonds. The quantitative estimate of drug-likeness (QED) is 0.752. The Bertz CT molecular complexity index is 842. The summed E-state index contributed by atoms with van der Waals surface area (Å²) in [5, 5.41) is 0.